The van der Waals surface area contributed by atoms with Crippen LogP contribution in [0.1, 0.15) is 0 Å². The predicted molar refractivity (Wildman–Crippen MR) is 99.2 cm³/mol. The van der Waals surface area contributed by atoms with E-state index in [1.54, 1.807) is 30.3 Å². The van der Waals surface area contributed by atoms with E-state index < -0.39 is 18.0 Å². The van der Waals surface area contributed by atoms with Crippen LogP contribution < -0.4 is 19.6 Å². The first-order chi connectivity index (χ1) is 12.9. The highest BCUT2D eigenvalue weighted by Crippen LogP contribution is 2.37. The van der Waals surface area contributed by atoms with Gasteiger partial charge in [0, 0.05) is 10.6 Å². The zero-order valence-corrected chi connectivity index (χ0v) is 15.2. The Bertz CT molecular complexity index is 1070. The molecule has 0 atom stereocenters. The van der Waals surface area contributed by atoms with Crippen molar-refractivity contribution in [2.75, 3.05) is 20.8 Å². The van der Waals surface area contributed by atoms with Gasteiger partial charge in [-0.05, 0) is 36.4 Å². The first-order valence-corrected chi connectivity index (χ1v) is 8.15. The Kier molecular flexibility index (Phi) is 5.23. The topological polar surface area (TPSA) is 95.2 Å². The Labute approximate surface area is 158 Å². The minimum absolute atomic E-state index is 0.0806. The van der Waals surface area contributed by atoms with Gasteiger partial charge in [0.1, 0.15) is 5.58 Å². The number of ether oxygens (including phenoxy) is 3. The van der Waals surface area contributed by atoms with Gasteiger partial charge in [-0.1, -0.05) is 11.6 Å². The lowest BCUT2D eigenvalue weighted by atomic mass is 10.1. The molecular weight excluding hydrogens is 376 g/mol. The maximum atomic E-state index is 12.9. The second-order valence-electron chi connectivity index (χ2n) is 5.48. The Morgan fingerprint density at radius 2 is 1.85 bits per heavy atom. The van der Waals surface area contributed by atoms with Gasteiger partial charge in [0.15, 0.2) is 23.9 Å². The molecule has 0 unspecified atom stereocenters. The van der Waals surface area contributed by atoms with Crippen LogP contribution in [-0.2, 0) is 4.79 Å². The molecule has 7 nitrogen and oxygen atoms in total. The van der Waals surface area contributed by atoms with Crippen molar-refractivity contribution in [2.45, 2.75) is 0 Å². The summed E-state index contributed by atoms with van der Waals surface area (Å²) in [6.07, 6.45) is 0. The van der Waals surface area contributed by atoms with Gasteiger partial charge in [0.05, 0.1) is 19.6 Å². The number of aliphatic carboxylic acids is 1. The summed E-state index contributed by atoms with van der Waals surface area (Å²) < 4.78 is 21.6. The Morgan fingerprint density at radius 1 is 1.11 bits per heavy atom. The summed E-state index contributed by atoms with van der Waals surface area (Å²) in [4.78, 5) is 23.8. The van der Waals surface area contributed by atoms with E-state index in [0.717, 1.165) is 0 Å². The quantitative estimate of drug-likeness (QED) is 0.687. The van der Waals surface area contributed by atoms with Crippen LogP contribution in [0.3, 0.4) is 0 Å². The Balaban J connectivity index is 2.27. The first kappa shape index (κ1) is 18.6. The molecule has 0 aliphatic carbocycles. The van der Waals surface area contributed by atoms with Crippen molar-refractivity contribution >= 4 is 28.5 Å². The molecule has 0 saturated heterocycles. The number of carboxylic acid groups (broad SMARTS) is 1. The highest BCUT2D eigenvalue weighted by atomic mass is 35.5. The number of hydrogen-bond acceptors (Lipinski definition) is 6. The third-order valence-corrected chi connectivity index (χ3v) is 4.03. The minimum Gasteiger partial charge on any atom is -0.493 e. The van der Waals surface area contributed by atoms with E-state index in [1.807, 2.05) is 0 Å². The van der Waals surface area contributed by atoms with Crippen LogP contribution in [0.25, 0.3) is 22.3 Å². The molecule has 3 aromatic rings. The minimum atomic E-state index is -1.22. The lowest BCUT2D eigenvalue weighted by molar-refractivity contribution is -0.139. The van der Waals surface area contributed by atoms with Crippen LogP contribution in [0.15, 0.2) is 45.6 Å². The van der Waals surface area contributed by atoms with Crippen LogP contribution in [0.2, 0.25) is 5.02 Å². The van der Waals surface area contributed by atoms with Gasteiger partial charge < -0.3 is 23.7 Å². The highest BCUT2D eigenvalue weighted by molar-refractivity contribution is 6.31. The number of benzene rings is 2. The van der Waals surface area contributed by atoms with Crippen LogP contribution in [0.5, 0.6) is 17.2 Å². The number of rotatable bonds is 6. The van der Waals surface area contributed by atoms with Gasteiger partial charge in [-0.3, -0.25) is 4.79 Å². The summed E-state index contributed by atoms with van der Waals surface area (Å²) in [7, 11) is 2.97. The van der Waals surface area contributed by atoms with E-state index in [0.29, 0.717) is 22.1 Å². The average molecular weight is 391 g/mol. The smallest absolute Gasteiger partial charge is 0.341 e. The van der Waals surface area contributed by atoms with Crippen molar-refractivity contribution in [2.24, 2.45) is 0 Å². The van der Waals surface area contributed by atoms with Crippen molar-refractivity contribution in [3.63, 3.8) is 0 Å². The summed E-state index contributed by atoms with van der Waals surface area (Å²) >= 11 is 5.95. The van der Waals surface area contributed by atoms with Gasteiger partial charge in [0.2, 0.25) is 11.2 Å². The SMILES string of the molecule is COc1ccc(-c2oc3ccc(Cl)cc3c(=O)c2OCC(=O)O)cc1OC. The van der Waals surface area contributed by atoms with Gasteiger partial charge in [-0.2, -0.15) is 0 Å². The molecule has 1 aromatic heterocycles. The maximum Gasteiger partial charge on any atom is 0.341 e. The fraction of sp³-hybridized carbons (Fsp3) is 0.158. The molecule has 0 saturated carbocycles. The van der Waals surface area contributed by atoms with Crippen molar-refractivity contribution in [3.05, 3.63) is 51.6 Å². The molecule has 0 bridgehead atoms. The van der Waals surface area contributed by atoms with E-state index in [1.165, 1.54) is 20.3 Å². The van der Waals surface area contributed by atoms with Crippen molar-refractivity contribution in [1.29, 1.82) is 0 Å². The Hall–Kier alpha value is -3.19. The predicted octanol–water partition coefficient (Wildman–Crippen LogP) is 3.59. The number of methoxy groups -OCH3 is 2. The molecule has 3 rings (SSSR count). The standard InChI is InChI=1S/C19H15ClO7/c1-24-14-5-3-10(7-15(14)25-2)18-19(26-9-16(21)22)17(23)12-8-11(20)4-6-13(12)27-18/h3-8H,9H2,1-2H3,(H,21,22). The molecule has 0 spiro atoms. The van der Waals surface area contributed by atoms with Crippen LogP contribution in [0, 0.1) is 0 Å². The second-order valence-corrected chi connectivity index (χ2v) is 5.92. The summed E-state index contributed by atoms with van der Waals surface area (Å²) in [6.45, 7) is -0.697. The summed E-state index contributed by atoms with van der Waals surface area (Å²) in [5.41, 5.74) is 0.226. The van der Waals surface area contributed by atoms with Gasteiger partial charge in [-0.15, -0.1) is 0 Å². The lowest BCUT2D eigenvalue weighted by Crippen LogP contribution is -2.16. The summed E-state index contributed by atoms with van der Waals surface area (Å²) in [5.74, 6) is -0.461. The molecule has 1 N–H and O–H groups in total. The molecule has 0 aliphatic heterocycles. The third kappa shape index (κ3) is 3.68. The number of hydrogen-bond donors (Lipinski definition) is 1. The van der Waals surface area contributed by atoms with E-state index in [9.17, 15) is 9.59 Å². The van der Waals surface area contributed by atoms with E-state index in [2.05, 4.69) is 0 Å². The molecule has 0 aliphatic rings. The number of halogens is 1. The molecule has 27 heavy (non-hydrogen) atoms. The molecule has 1 heterocycles. The fourth-order valence-corrected chi connectivity index (χ4v) is 2.75. The summed E-state index contributed by atoms with van der Waals surface area (Å²) in [6, 6.07) is 9.48. The Morgan fingerprint density at radius 3 is 2.52 bits per heavy atom. The molecule has 0 fully saturated rings. The van der Waals surface area contributed by atoms with E-state index >= 15 is 0 Å². The molecular formula is C19H15ClO7. The highest BCUT2D eigenvalue weighted by Gasteiger charge is 2.20. The molecule has 2 aromatic carbocycles. The zero-order chi connectivity index (χ0) is 19.6. The van der Waals surface area contributed by atoms with Crippen molar-refractivity contribution in [3.8, 4) is 28.6 Å². The lowest BCUT2D eigenvalue weighted by Gasteiger charge is -2.13. The zero-order valence-electron chi connectivity index (χ0n) is 14.4. The van der Waals surface area contributed by atoms with E-state index in [-0.39, 0.29) is 22.5 Å². The van der Waals surface area contributed by atoms with Gasteiger partial charge in [-0.25, -0.2) is 4.79 Å². The number of fused-ring (bicyclic) bond motifs is 1. The van der Waals surface area contributed by atoms with Crippen LogP contribution >= 0.6 is 11.6 Å². The number of carboxylic acids is 1. The monoisotopic (exact) mass is 390 g/mol. The van der Waals surface area contributed by atoms with E-state index in [4.69, 9.17) is 35.3 Å². The van der Waals surface area contributed by atoms with Crippen molar-refractivity contribution in [1.82, 2.24) is 0 Å². The molecule has 140 valence electrons. The van der Waals surface area contributed by atoms with Gasteiger partial charge >= 0.3 is 5.97 Å². The first-order valence-electron chi connectivity index (χ1n) is 7.78. The average Bonchev–Trinajstić information content (AvgIpc) is 2.66. The largest absolute Gasteiger partial charge is 0.493 e. The normalized spacial score (nSPS) is 10.6. The third-order valence-electron chi connectivity index (χ3n) is 3.80. The van der Waals surface area contributed by atoms with Crippen LogP contribution in [-0.4, -0.2) is 31.9 Å². The molecule has 0 radical (unpaired) electrons. The second kappa shape index (κ2) is 7.59. The number of carbonyl (C=O) groups is 1. The van der Waals surface area contributed by atoms with Crippen LogP contribution in [0.4, 0.5) is 0 Å². The fourth-order valence-electron chi connectivity index (χ4n) is 2.58. The molecule has 0 amide bonds. The molecule has 8 heteroatoms. The maximum absolute atomic E-state index is 12.9. The van der Waals surface area contributed by atoms with Crippen molar-refractivity contribution < 1.29 is 28.5 Å². The van der Waals surface area contributed by atoms with Gasteiger partial charge in [0.25, 0.3) is 0 Å². The summed E-state index contributed by atoms with van der Waals surface area (Å²) in [5, 5.41) is 9.45.